The molecule has 0 aromatic carbocycles. The van der Waals surface area contributed by atoms with Gasteiger partial charge in [0.15, 0.2) is 0 Å². The summed E-state index contributed by atoms with van der Waals surface area (Å²) in [6.07, 6.45) is 2.68. The first-order chi connectivity index (χ1) is 7.86. The zero-order valence-corrected chi connectivity index (χ0v) is 13.2. The van der Waals surface area contributed by atoms with Gasteiger partial charge < -0.3 is 16.0 Å². The number of hydrogen-bond donors (Lipinski definition) is 2. The summed E-state index contributed by atoms with van der Waals surface area (Å²) in [4.78, 5) is 13.9. The number of nitrogens with two attached hydrogens (primary N) is 1. The van der Waals surface area contributed by atoms with Crippen LogP contribution in [0.1, 0.15) is 40.0 Å². The van der Waals surface area contributed by atoms with Gasteiger partial charge in [-0.3, -0.25) is 4.79 Å². The Morgan fingerprint density at radius 2 is 1.89 bits per heavy atom. The molecule has 0 aliphatic rings. The average Bonchev–Trinajstić information content (AvgIpc) is 2.15. The second kappa shape index (κ2) is 10.6. The summed E-state index contributed by atoms with van der Waals surface area (Å²) in [6, 6.07) is -0.169. The van der Waals surface area contributed by atoms with Crippen LogP contribution in [0.4, 0.5) is 0 Å². The summed E-state index contributed by atoms with van der Waals surface area (Å²) in [5.74, 6) is 0.557. The molecule has 110 valence electrons. The summed E-state index contributed by atoms with van der Waals surface area (Å²) in [5.41, 5.74) is 5.81. The van der Waals surface area contributed by atoms with E-state index in [2.05, 4.69) is 24.1 Å². The van der Waals surface area contributed by atoms with Gasteiger partial charge in [-0.05, 0) is 32.9 Å². The smallest absolute Gasteiger partial charge is 0.237 e. The van der Waals surface area contributed by atoms with Gasteiger partial charge in [0.2, 0.25) is 5.91 Å². The first-order valence-electron chi connectivity index (χ1n) is 6.57. The topological polar surface area (TPSA) is 58.4 Å². The van der Waals surface area contributed by atoms with Crippen molar-refractivity contribution in [3.63, 3.8) is 0 Å². The highest BCUT2D eigenvalue weighted by atomic mass is 35.5. The SMILES string of the molecule is CCCC(N)C(=O)NC(CC(C)C)CN(C)C.Cl. The number of rotatable bonds is 8. The molecule has 2 unspecified atom stereocenters. The van der Waals surface area contributed by atoms with Crippen molar-refractivity contribution in [3.8, 4) is 0 Å². The molecule has 1 amide bonds. The van der Waals surface area contributed by atoms with Gasteiger partial charge in [0.25, 0.3) is 0 Å². The molecular weight excluding hydrogens is 250 g/mol. The fourth-order valence-electron chi connectivity index (χ4n) is 1.94. The van der Waals surface area contributed by atoms with E-state index in [9.17, 15) is 4.79 Å². The number of nitrogens with zero attached hydrogens (tertiary/aromatic N) is 1. The predicted molar refractivity (Wildman–Crippen MR) is 80.1 cm³/mol. The Bertz CT molecular complexity index is 212. The van der Waals surface area contributed by atoms with E-state index in [1.165, 1.54) is 0 Å². The Kier molecular flexibility index (Phi) is 11.8. The second-order valence-corrected chi connectivity index (χ2v) is 5.49. The van der Waals surface area contributed by atoms with E-state index in [1.54, 1.807) is 0 Å². The van der Waals surface area contributed by atoms with Crippen molar-refractivity contribution >= 4 is 18.3 Å². The normalized spacial score (nSPS) is 14.2. The third-order valence-electron chi connectivity index (χ3n) is 2.62. The standard InChI is InChI=1S/C13H29N3O.ClH/c1-6-7-12(14)13(17)15-11(8-10(2)3)9-16(4)5;/h10-12H,6-9,14H2,1-5H3,(H,15,17);1H. The van der Waals surface area contributed by atoms with Crippen LogP contribution >= 0.6 is 12.4 Å². The number of hydrogen-bond acceptors (Lipinski definition) is 3. The highest BCUT2D eigenvalue weighted by Crippen LogP contribution is 2.06. The minimum atomic E-state index is -0.364. The molecular formula is C13H30ClN3O. The van der Waals surface area contributed by atoms with Crippen LogP contribution in [-0.4, -0.2) is 43.5 Å². The van der Waals surface area contributed by atoms with Crippen LogP contribution in [0.2, 0.25) is 0 Å². The monoisotopic (exact) mass is 279 g/mol. The summed E-state index contributed by atoms with van der Waals surface area (Å²) >= 11 is 0. The zero-order chi connectivity index (χ0) is 13.4. The van der Waals surface area contributed by atoms with Gasteiger partial charge in [-0.25, -0.2) is 0 Å². The van der Waals surface area contributed by atoms with Gasteiger partial charge in [0.1, 0.15) is 0 Å². The number of likely N-dealkylation sites (N-methyl/N-ethyl adjacent to an activating group) is 1. The molecule has 0 radical (unpaired) electrons. The Balaban J connectivity index is 0. The lowest BCUT2D eigenvalue weighted by molar-refractivity contribution is -0.123. The molecule has 0 bridgehead atoms. The molecule has 5 heteroatoms. The fraction of sp³-hybridized carbons (Fsp3) is 0.923. The number of carbonyl (C=O) groups is 1. The van der Waals surface area contributed by atoms with Crippen LogP contribution in [0, 0.1) is 5.92 Å². The first-order valence-corrected chi connectivity index (χ1v) is 6.57. The lowest BCUT2D eigenvalue weighted by atomic mass is 10.0. The molecule has 4 nitrogen and oxygen atoms in total. The number of amides is 1. The van der Waals surface area contributed by atoms with Gasteiger partial charge in [-0.1, -0.05) is 27.2 Å². The highest BCUT2D eigenvalue weighted by Gasteiger charge is 2.18. The lowest BCUT2D eigenvalue weighted by Crippen LogP contribution is -2.49. The van der Waals surface area contributed by atoms with Crippen molar-refractivity contribution in [1.29, 1.82) is 0 Å². The second-order valence-electron chi connectivity index (χ2n) is 5.49. The van der Waals surface area contributed by atoms with E-state index >= 15 is 0 Å². The van der Waals surface area contributed by atoms with Gasteiger partial charge in [-0.15, -0.1) is 12.4 Å². The molecule has 18 heavy (non-hydrogen) atoms. The maximum absolute atomic E-state index is 11.9. The number of halogens is 1. The lowest BCUT2D eigenvalue weighted by Gasteiger charge is -2.25. The first kappa shape index (κ1) is 20.0. The molecule has 2 atom stereocenters. The number of carbonyl (C=O) groups excluding carboxylic acids is 1. The van der Waals surface area contributed by atoms with E-state index in [1.807, 2.05) is 21.0 Å². The fourth-order valence-corrected chi connectivity index (χ4v) is 1.94. The minimum Gasteiger partial charge on any atom is -0.351 e. The van der Waals surface area contributed by atoms with E-state index in [0.717, 1.165) is 25.8 Å². The molecule has 0 spiro atoms. The molecule has 0 fully saturated rings. The van der Waals surface area contributed by atoms with Crippen molar-refractivity contribution in [2.24, 2.45) is 11.7 Å². The molecule has 0 aliphatic heterocycles. The largest absolute Gasteiger partial charge is 0.351 e. The van der Waals surface area contributed by atoms with Crippen molar-refractivity contribution in [3.05, 3.63) is 0 Å². The van der Waals surface area contributed by atoms with Crippen LogP contribution in [0.25, 0.3) is 0 Å². The van der Waals surface area contributed by atoms with Crippen LogP contribution in [0.15, 0.2) is 0 Å². The summed E-state index contributed by atoms with van der Waals surface area (Å²) in [5, 5.41) is 3.06. The summed E-state index contributed by atoms with van der Waals surface area (Å²) < 4.78 is 0. The third kappa shape index (κ3) is 9.68. The number of nitrogens with one attached hydrogen (secondary N) is 1. The molecule has 0 rings (SSSR count). The van der Waals surface area contributed by atoms with Gasteiger partial charge in [0, 0.05) is 12.6 Å². The summed E-state index contributed by atoms with van der Waals surface area (Å²) in [6.45, 7) is 7.24. The molecule has 0 saturated heterocycles. The summed E-state index contributed by atoms with van der Waals surface area (Å²) in [7, 11) is 4.04. The van der Waals surface area contributed by atoms with E-state index < -0.39 is 0 Å². The Labute approximate surface area is 118 Å². The average molecular weight is 280 g/mol. The third-order valence-corrected chi connectivity index (χ3v) is 2.62. The molecule has 3 N–H and O–H groups in total. The van der Waals surface area contributed by atoms with Gasteiger partial charge >= 0.3 is 0 Å². The Morgan fingerprint density at radius 1 is 1.33 bits per heavy atom. The Morgan fingerprint density at radius 3 is 2.28 bits per heavy atom. The molecule has 0 heterocycles. The van der Waals surface area contributed by atoms with Crippen LogP contribution in [-0.2, 0) is 4.79 Å². The maximum Gasteiger partial charge on any atom is 0.237 e. The van der Waals surface area contributed by atoms with Crippen molar-refractivity contribution in [2.75, 3.05) is 20.6 Å². The predicted octanol–water partition coefficient (Wildman–Crippen LogP) is 1.63. The van der Waals surface area contributed by atoms with Crippen LogP contribution in [0.5, 0.6) is 0 Å². The van der Waals surface area contributed by atoms with E-state index in [-0.39, 0.29) is 30.4 Å². The Hall–Kier alpha value is -0.320. The highest BCUT2D eigenvalue weighted by molar-refractivity contribution is 5.85. The molecule has 0 aromatic heterocycles. The van der Waals surface area contributed by atoms with Gasteiger partial charge in [-0.2, -0.15) is 0 Å². The minimum absolute atomic E-state index is 0. The maximum atomic E-state index is 11.9. The zero-order valence-electron chi connectivity index (χ0n) is 12.4. The molecule has 0 aromatic rings. The van der Waals surface area contributed by atoms with E-state index in [0.29, 0.717) is 5.92 Å². The van der Waals surface area contributed by atoms with Crippen molar-refractivity contribution in [1.82, 2.24) is 10.2 Å². The van der Waals surface area contributed by atoms with Crippen molar-refractivity contribution < 1.29 is 4.79 Å². The van der Waals surface area contributed by atoms with Crippen molar-refractivity contribution in [2.45, 2.75) is 52.1 Å². The van der Waals surface area contributed by atoms with Crippen LogP contribution in [0.3, 0.4) is 0 Å². The van der Waals surface area contributed by atoms with Gasteiger partial charge in [0.05, 0.1) is 6.04 Å². The van der Waals surface area contributed by atoms with E-state index in [4.69, 9.17) is 5.73 Å². The molecule has 0 aliphatic carbocycles. The quantitative estimate of drug-likeness (QED) is 0.710. The van der Waals surface area contributed by atoms with Crippen LogP contribution < -0.4 is 11.1 Å². The molecule has 0 saturated carbocycles.